The molecule has 8 nitrogen and oxygen atoms in total. The highest BCUT2D eigenvalue weighted by Gasteiger charge is 2.15. The summed E-state index contributed by atoms with van der Waals surface area (Å²) in [4.78, 5) is 4.60. The van der Waals surface area contributed by atoms with E-state index >= 15 is 0 Å². The van der Waals surface area contributed by atoms with Crippen molar-refractivity contribution in [2.45, 2.75) is 24.8 Å². The van der Waals surface area contributed by atoms with Crippen molar-refractivity contribution in [2.75, 3.05) is 11.2 Å². The Bertz CT molecular complexity index is 1050. The number of nitrogen functional groups attached to an aromatic ring is 1. The number of anilines is 2. The third-order valence-corrected chi connectivity index (χ3v) is 5.55. The van der Waals surface area contributed by atoms with E-state index in [-0.39, 0.29) is 0 Å². The first-order chi connectivity index (χ1) is 13.1. The minimum absolute atomic E-state index is 0.493. The lowest BCUT2D eigenvalue weighted by Gasteiger charge is -2.04. The summed E-state index contributed by atoms with van der Waals surface area (Å²) in [5.74, 6) is 7.31. The van der Waals surface area contributed by atoms with E-state index in [1.807, 2.05) is 55.6 Å². The molecule has 138 valence electrons. The van der Waals surface area contributed by atoms with Crippen LogP contribution in [-0.4, -0.2) is 29.6 Å². The van der Waals surface area contributed by atoms with Gasteiger partial charge in [-0.2, -0.15) is 5.10 Å². The van der Waals surface area contributed by atoms with Gasteiger partial charge in [0.25, 0.3) is 5.95 Å². The van der Waals surface area contributed by atoms with E-state index in [2.05, 4.69) is 25.6 Å². The van der Waals surface area contributed by atoms with Gasteiger partial charge in [-0.25, -0.2) is 14.3 Å². The summed E-state index contributed by atoms with van der Waals surface area (Å²) < 4.78 is 3.15. The number of nitrogens with zero attached hydrogens (tertiary/aromatic N) is 6. The van der Waals surface area contributed by atoms with Crippen LogP contribution in [-0.2, 0) is 5.75 Å². The summed E-state index contributed by atoms with van der Waals surface area (Å²) in [7, 11) is 0. The largest absolute Gasteiger partial charge is 0.334 e. The van der Waals surface area contributed by atoms with Crippen LogP contribution < -0.4 is 11.2 Å². The third kappa shape index (κ3) is 3.81. The van der Waals surface area contributed by atoms with E-state index in [0.29, 0.717) is 16.9 Å². The van der Waals surface area contributed by atoms with E-state index in [9.17, 15) is 0 Å². The van der Waals surface area contributed by atoms with Gasteiger partial charge < -0.3 is 11.2 Å². The van der Waals surface area contributed by atoms with Crippen LogP contribution in [0.3, 0.4) is 0 Å². The third-order valence-electron chi connectivity index (χ3n) is 3.77. The van der Waals surface area contributed by atoms with E-state index in [0.717, 1.165) is 27.9 Å². The second-order valence-electron chi connectivity index (χ2n) is 5.92. The molecule has 0 spiro atoms. The molecule has 3 heterocycles. The molecule has 4 rings (SSSR count). The fourth-order valence-electron chi connectivity index (χ4n) is 2.56. The van der Waals surface area contributed by atoms with Gasteiger partial charge in [-0.05, 0) is 32.0 Å². The number of hydrogen-bond donors (Lipinski definition) is 2. The molecular formula is C17H18N8S2. The molecule has 0 fully saturated rings. The lowest BCUT2D eigenvalue weighted by molar-refractivity contribution is 0.727. The van der Waals surface area contributed by atoms with Crippen molar-refractivity contribution in [3.8, 4) is 5.95 Å². The molecule has 1 aromatic carbocycles. The first-order valence-corrected chi connectivity index (χ1v) is 10.1. The van der Waals surface area contributed by atoms with Crippen LogP contribution in [0.1, 0.15) is 17.1 Å². The molecule has 0 aliphatic heterocycles. The SMILES string of the molecule is Cc1cc(C)n(-c2nnc(SCc3csc(Nc4ccccc4)n3)n2N)n1. The number of thioether (sulfide) groups is 1. The average Bonchev–Trinajstić information content (AvgIpc) is 3.34. The zero-order chi connectivity index (χ0) is 18.8. The molecule has 0 saturated heterocycles. The summed E-state index contributed by atoms with van der Waals surface area (Å²) in [6.07, 6.45) is 0. The Hall–Kier alpha value is -2.85. The van der Waals surface area contributed by atoms with Crippen molar-refractivity contribution in [3.05, 3.63) is 58.9 Å². The summed E-state index contributed by atoms with van der Waals surface area (Å²) in [5.41, 5.74) is 3.84. The van der Waals surface area contributed by atoms with Crippen molar-refractivity contribution in [3.63, 3.8) is 0 Å². The van der Waals surface area contributed by atoms with Gasteiger partial charge in [-0.15, -0.1) is 21.5 Å². The monoisotopic (exact) mass is 398 g/mol. The molecule has 3 aromatic heterocycles. The molecule has 0 aliphatic carbocycles. The molecule has 0 saturated carbocycles. The highest BCUT2D eigenvalue weighted by atomic mass is 32.2. The van der Waals surface area contributed by atoms with Gasteiger partial charge in [0.05, 0.1) is 11.4 Å². The van der Waals surface area contributed by atoms with Gasteiger partial charge in [0.2, 0.25) is 5.16 Å². The van der Waals surface area contributed by atoms with E-state index in [4.69, 9.17) is 5.84 Å². The molecule has 27 heavy (non-hydrogen) atoms. The van der Waals surface area contributed by atoms with Crippen LogP contribution in [0.15, 0.2) is 46.9 Å². The number of rotatable bonds is 6. The predicted molar refractivity (Wildman–Crippen MR) is 108 cm³/mol. The second kappa shape index (κ2) is 7.41. The molecule has 0 atom stereocenters. The fourth-order valence-corrected chi connectivity index (χ4v) is 4.14. The Morgan fingerprint density at radius 1 is 1.19 bits per heavy atom. The maximum Gasteiger partial charge on any atom is 0.271 e. The highest BCUT2D eigenvalue weighted by Crippen LogP contribution is 2.26. The highest BCUT2D eigenvalue weighted by molar-refractivity contribution is 7.98. The lowest BCUT2D eigenvalue weighted by Crippen LogP contribution is -2.17. The number of aryl methyl sites for hydroxylation is 2. The van der Waals surface area contributed by atoms with E-state index in [1.165, 1.54) is 16.4 Å². The Kier molecular flexibility index (Phi) is 4.82. The number of nitrogens with one attached hydrogen (secondary N) is 1. The summed E-state index contributed by atoms with van der Waals surface area (Å²) in [5, 5.41) is 19.5. The minimum atomic E-state index is 0.493. The molecule has 10 heteroatoms. The van der Waals surface area contributed by atoms with Crippen molar-refractivity contribution in [1.29, 1.82) is 0 Å². The number of nitrogens with two attached hydrogens (primary N) is 1. The normalized spacial score (nSPS) is 11.0. The van der Waals surface area contributed by atoms with Gasteiger partial charge in [-0.3, -0.25) is 0 Å². The quantitative estimate of drug-likeness (QED) is 0.380. The van der Waals surface area contributed by atoms with Crippen LogP contribution in [0, 0.1) is 13.8 Å². The number of thiazole rings is 1. The van der Waals surface area contributed by atoms with Crippen LogP contribution >= 0.6 is 23.1 Å². The maximum atomic E-state index is 6.16. The number of benzene rings is 1. The first-order valence-electron chi connectivity index (χ1n) is 8.23. The zero-order valence-corrected chi connectivity index (χ0v) is 16.5. The van der Waals surface area contributed by atoms with Crippen molar-refractivity contribution >= 4 is 33.9 Å². The van der Waals surface area contributed by atoms with Gasteiger partial charge in [0.1, 0.15) is 0 Å². The Balaban J connectivity index is 1.43. The Labute approximate surface area is 164 Å². The molecular weight excluding hydrogens is 380 g/mol. The van der Waals surface area contributed by atoms with Crippen LogP contribution in [0.5, 0.6) is 0 Å². The van der Waals surface area contributed by atoms with Crippen LogP contribution in [0.4, 0.5) is 10.8 Å². The van der Waals surface area contributed by atoms with Gasteiger partial charge in [-0.1, -0.05) is 30.0 Å². The topological polar surface area (TPSA) is 99.5 Å². The smallest absolute Gasteiger partial charge is 0.271 e. The first kappa shape index (κ1) is 17.6. The zero-order valence-electron chi connectivity index (χ0n) is 14.8. The number of para-hydroxylation sites is 1. The number of aromatic nitrogens is 6. The van der Waals surface area contributed by atoms with E-state index < -0.39 is 0 Å². The molecule has 0 amide bonds. The van der Waals surface area contributed by atoms with Crippen molar-refractivity contribution in [1.82, 2.24) is 29.6 Å². The van der Waals surface area contributed by atoms with Gasteiger partial charge >= 0.3 is 0 Å². The second-order valence-corrected chi connectivity index (χ2v) is 7.72. The van der Waals surface area contributed by atoms with Crippen LogP contribution in [0.2, 0.25) is 0 Å². The fraction of sp³-hybridized carbons (Fsp3) is 0.176. The van der Waals surface area contributed by atoms with Crippen LogP contribution in [0.25, 0.3) is 5.95 Å². The molecule has 0 aliphatic rings. The minimum Gasteiger partial charge on any atom is -0.334 e. The molecule has 3 N–H and O–H groups in total. The molecule has 0 bridgehead atoms. The van der Waals surface area contributed by atoms with Crippen molar-refractivity contribution < 1.29 is 0 Å². The Morgan fingerprint density at radius 2 is 2.00 bits per heavy atom. The Morgan fingerprint density at radius 3 is 2.74 bits per heavy atom. The summed E-state index contributed by atoms with van der Waals surface area (Å²) in [6, 6.07) is 11.9. The maximum absolute atomic E-state index is 6.16. The average molecular weight is 399 g/mol. The van der Waals surface area contributed by atoms with Crippen molar-refractivity contribution in [2.24, 2.45) is 0 Å². The van der Waals surface area contributed by atoms with Gasteiger partial charge in [0, 0.05) is 22.5 Å². The molecule has 0 radical (unpaired) electrons. The summed E-state index contributed by atoms with van der Waals surface area (Å²) >= 11 is 3.05. The lowest BCUT2D eigenvalue weighted by atomic mass is 10.3. The number of hydrogen-bond acceptors (Lipinski definition) is 8. The molecule has 4 aromatic rings. The standard InChI is InChI=1S/C17H18N8S2/c1-11-8-12(2)25(23-11)16-21-22-17(24(16)18)27-10-14-9-26-15(20-14)19-13-6-4-3-5-7-13/h3-9H,10,18H2,1-2H3,(H,19,20). The summed E-state index contributed by atoms with van der Waals surface area (Å²) in [6.45, 7) is 3.89. The predicted octanol–water partition coefficient (Wildman–Crippen LogP) is 3.29. The molecule has 0 unspecified atom stereocenters. The van der Waals surface area contributed by atoms with Gasteiger partial charge in [0.15, 0.2) is 5.13 Å². The van der Waals surface area contributed by atoms with E-state index in [1.54, 1.807) is 16.0 Å².